The lowest BCUT2D eigenvalue weighted by Gasteiger charge is -2.44. The lowest BCUT2D eigenvalue weighted by atomic mass is 10.0. The summed E-state index contributed by atoms with van der Waals surface area (Å²) in [4.78, 5) is 0. The fourth-order valence-corrected chi connectivity index (χ4v) is 12.7. The van der Waals surface area contributed by atoms with Gasteiger partial charge in [-0.25, -0.2) is 0 Å². The monoisotopic (exact) mass is 473 g/mol. The molecule has 0 unspecified atom stereocenters. The second kappa shape index (κ2) is 9.18. The van der Waals surface area contributed by atoms with Gasteiger partial charge in [-0.1, -0.05) is 53.7 Å². The van der Waals surface area contributed by atoms with Gasteiger partial charge in [0.1, 0.15) is 11.4 Å². The van der Waals surface area contributed by atoms with E-state index in [1.54, 1.807) is 18.2 Å². The molecule has 178 valence electrons. The summed E-state index contributed by atoms with van der Waals surface area (Å²) >= 11 is 0. The number of benzene rings is 2. The van der Waals surface area contributed by atoms with Gasteiger partial charge in [-0.3, -0.25) is 0 Å². The van der Waals surface area contributed by atoms with Crippen LogP contribution in [0.3, 0.4) is 0 Å². The third kappa shape index (κ3) is 4.07. The van der Waals surface area contributed by atoms with E-state index in [9.17, 15) is 10.3 Å². The first-order chi connectivity index (χ1) is 16.1. The minimum atomic E-state index is -1.89. The fourth-order valence-electron chi connectivity index (χ4n) is 6.13. The second-order valence-electron chi connectivity index (χ2n) is 10.1. The minimum Gasteiger partial charge on any atom is -0.619 e. The Labute approximate surface area is 203 Å². The second-order valence-corrected chi connectivity index (χ2v) is 15.8. The summed E-state index contributed by atoms with van der Waals surface area (Å²) in [7, 11) is -1.89. The highest BCUT2D eigenvalue weighted by molar-refractivity contribution is 6.82. The van der Waals surface area contributed by atoms with Crippen LogP contribution >= 0.6 is 0 Å². The molecule has 0 aliphatic rings. The molecule has 0 aliphatic carbocycles. The Morgan fingerprint density at radius 2 is 1.59 bits per heavy atom. The average Bonchev–Trinajstić information content (AvgIpc) is 3.17. The van der Waals surface area contributed by atoms with Crippen LogP contribution in [0.2, 0.25) is 16.6 Å². The number of hydrogen-bond acceptors (Lipinski definition) is 3. The molecule has 4 rings (SSSR count). The Kier molecular flexibility index (Phi) is 6.45. The molecule has 0 radical (unpaired) electrons. The van der Waals surface area contributed by atoms with E-state index in [1.807, 2.05) is 12.1 Å². The molecule has 34 heavy (non-hydrogen) atoms. The fraction of sp³-hybridized carbons (Fsp3) is 0.321. The molecule has 0 saturated carbocycles. The number of phenols is 1. The molecule has 2 N–H and O–H groups in total. The zero-order valence-corrected chi connectivity index (χ0v) is 21.9. The van der Waals surface area contributed by atoms with Gasteiger partial charge in [0, 0.05) is 28.7 Å². The van der Waals surface area contributed by atoms with Crippen LogP contribution in [-0.4, -0.2) is 17.6 Å². The molecule has 4 aromatic rings. The van der Waals surface area contributed by atoms with Crippen molar-refractivity contribution in [1.29, 1.82) is 0 Å². The molecular formula is C28H35N3O2Si. The molecule has 0 aliphatic heterocycles. The van der Waals surface area contributed by atoms with Crippen molar-refractivity contribution >= 4 is 30.5 Å². The lowest BCUT2D eigenvalue weighted by molar-refractivity contribution is -0.604. The summed E-state index contributed by atoms with van der Waals surface area (Å²) in [5.74, 6) is 0.178. The maximum Gasteiger partial charge on any atom is 0.203 e. The molecule has 2 aromatic carbocycles. The van der Waals surface area contributed by atoms with Crippen LogP contribution in [0.1, 0.15) is 41.5 Å². The molecule has 2 heterocycles. The summed E-state index contributed by atoms with van der Waals surface area (Å²) in [6.07, 6.45) is 5.21. The molecule has 2 aromatic heterocycles. The largest absolute Gasteiger partial charge is 0.619 e. The van der Waals surface area contributed by atoms with E-state index in [1.165, 1.54) is 23.3 Å². The van der Waals surface area contributed by atoms with Crippen LogP contribution in [-0.2, 0) is 0 Å². The number of pyridine rings is 1. The van der Waals surface area contributed by atoms with E-state index in [2.05, 4.69) is 81.6 Å². The summed E-state index contributed by atoms with van der Waals surface area (Å²) < 4.78 is 3.37. The summed E-state index contributed by atoms with van der Waals surface area (Å²) in [5, 5.41) is 26.6. The Morgan fingerprint density at radius 3 is 2.24 bits per heavy atom. The number of phenolic OH excluding ortho intramolecular Hbond substituents is 1. The Bertz CT molecular complexity index is 1290. The van der Waals surface area contributed by atoms with Crippen LogP contribution in [0.15, 0.2) is 73.2 Å². The molecule has 0 saturated heterocycles. The highest BCUT2D eigenvalue weighted by Crippen LogP contribution is 2.45. The predicted octanol–water partition coefficient (Wildman–Crippen LogP) is 7.41. The smallest absolute Gasteiger partial charge is 0.203 e. The topological polar surface area (TPSA) is 64.1 Å². The number of hydrogen-bond donors (Lipinski definition) is 2. The molecule has 0 amide bonds. The van der Waals surface area contributed by atoms with Gasteiger partial charge in [0.2, 0.25) is 6.20 Å². The Morgan fingerprint density at radius 1 is 0.882 bits per heavy atom. The van der Waals surface area contributed by atoms with E-state index >= 15 is 0 Å². The minimum absolute atomic E-state index is 0.178. The molecule has 0 atom stereocenters. The average molecular weight is 474 g/mol. The predicted molar refractivity (Wildman–Crippen MR) is 144 cm³/mol. The van der Waals surface area contributed by atoms with Crippen LogP contribution in [0.25, 0.3) is 22.0 Å². The number of aromatic nitrogens is 2. The number of fused-ring (bicyclic) bond motifs is 1. The maximum absolute atomic E-state index is 11.6. The quantitative estimate of drug-likeness (QED) is 0.167. The van der Waals surface area contributed by atoms with Gasteiger partial charge in [0.15, 0.2) is 14.4 Å². The van der Waals surface area contributed by atoms with Crippen LogP contribution < -0.4 is 10.0 Å². The SMILES string of the molecule is CC(C)[Si](C(C)C)(C(C)C)n1ccc2c(-c3cc(O)cc(Nc4ccc[n+]([O-])c4)c3)cccc21. The number of aromatic hydroxyl groups is 1. The zero-order chi connectivity index (χ0) is 24.6. The van der Waals surface area contributed by atoms with Crippen LogP contribution in [0.5, 0.6) is 5.75 Å². The van der Waals surface area contributed by atoms with Crippen molar-refractivity contribution in [3.63, 3.8) is 0 Å². The van der Waals surface area contributed by atoms with Crippen molar-refractivity contribution in [2.24, 2.45) is 0 Å². The van der Waals surface area contributed by atoms with E-state index in [-0.39, 0.29) is 5.75 Å². The van der Waals surface area contributed by atoms with Gasteiger partial charge in [-0.15, -0.1) is 0 Å². The first-order valence-corrected chi connectivity index (χ1v) is 14.2. The summed E-state index contributed by atoms with van der Waals surface area (Å²) in [6, 6.07) is 17.7. The molecule has 0 spiro atoms. The third-order valence-corrected chi connectivity index (χ3v) is 14.0. The Balaban J connectivity index is 1.84. The van der Waals surface area contributed by atoms with Gasteiger partial charge in [0.25, 0.3) is 0 Å². The zero-order valence-electron chi connectivity index (χ0n) is 20.9. The first kappa shape index (κ1) is 23.9. The number of nitrogens with one attached hydrogen (secondary N) is 1. The third-order valence-electron chi connectivity index (χ3n) is 7.22. The van der Waals surface area contributed by atoms with Gasteiger partial charge in [0.05, 0.1) is 0 Å². The summed E-state index contributed by atoms with van der Waals surface area (Å²) in [5.41, 5.74) is 6.46. The molecule has 0 bridgehead atoms. The number of anilines is 2. The van der Waals surface area contributed by atoms with Crippen molar-refractivity contribution in [2.45, 2.75) is 58.2 Å². The number of rotatable bonds is 7. The summed E-state index contributed by atoms with van der Waals surface area (Å²) in [6.45, 7) is 14.3. The van der Waals surface area contributed by atoms with Gasteiger partial charge < -0.3 is 19.9 Å². The molecule has 6 heteroatoms. The molecular weight excluding hydrogens is 438 g/mol. The van der Waals surface area contributed by atoms with E-state index < -0.39 is 8.24 Å². The highest BCUT2D eigenvalue weighted by atomic mass is 28.3. The van der Waals surface area contributed by atoms with Crippen molar-refractivity contribution in [3.8, 4) is 16.9 Å². The van der Waals surface area contributed by atoms with Crippen molar-refractivity contribution in [1.82, 2.24) is 4.23 Å². The molecule has 5 nitrogen and oxygen atoms in total. The van der Waals surface area contributed by atoms with Crippen LogP contribution in [0, 0.1) is 5.21 Å². The molecule has 0 fully saturated rings. The highest BCUT2D eigenvalue weighted by Gasteiger charge is 2.45. The van der Waals surface area contributed by atoms with Crippen molar-refractivity contribution in [2.75, 3.05) is 5.32 Å². The van der Waals surface area contributed by atoms with Gasteiger partial charge in [-0.2, -0.15) is 4.73 Å². The van der Waals surface area contributed by atoms with Crippen molar-refractivity contribution in [3.05, 3.63) is 78.4 Å². The Hall–Kier alpha value is -3.25. The van der Waals surface area contributed by atoms with Crippen molar-refractivity contribution < 1.29 is 9.84 Å². The maximum atomic E-state index is 11.6. The lowest BCUT2D eigenvalue weighted by Crippen LogP contribution is -2.51. The van der Waals surface area contributed by atoms with E-state index in [0.29, 0.717) is 22.3 Å². The standard InChI is InChI=1S/C28H35N3O2Si/c1-19(2)34(20(3)4,21(5)6)31-14-12-27-26(10-7-11-28(27)31)22-15-24(17-25(32)16-22)29-23-9-8-13-30(33)18-23/h7-21,29,32H,1-6H3. The van der Waals surface area contributed by atoms with E-state index in [0.717, 1.165) is 21.5 Å². The number of nitrogens with zero attached hydrogens (tertiary/aromatic N) is 2. The van der Waals surface area contributed by atoms with Gasteiger partial charge in [-0.05, 0) is 64.3 Å². The van der Waals surface area contributed by atoms with E-state index in [4.69, 9.17) is 0 Å². The van der Waals surface area contributed by atoms with Crippen LogP contribution in [0.4, 0.5) is 11.4 Å². The van der Waals surface area contributed by atoms with Gasteiger partial charge >= 0.3 is 0 Å². The first-order valence-electron chi connectivity index (χ1n) is 12.1. The normalized spacial score (nSPS) is 12.3.